The van der Waals surface area contributed by atoms with E-state index >= 15 is 4.39 Å². The number of aliphatic imine (C=N–C) groups is 1. The number of piperazine rings is 2. The van der Waals surface area contributed by atoms with Crippen molar-refractivity contribution in [1.29, 1.82) is 0 Å². The fourth-order valence-electron chi connectivity index (χ4n) is 10.0. The summed E-state index contributed by atoms with van der Waals surface area (Å²) in [6.45, 7) is 17.5. The number of fused-ring (bicyclic) bond motifs is 4. The highest BCUT2D eigenvalue weighted by Gasteiger charge is 2.29. The van der Waals surface area contributed by atoms with Gasteiger partial charge in [-0.05, 0) is 88.7 Å². The molecule has 4 aliphatic rings. The fraction of sp³-hybridized carbons (Fsp3) is 0.420. The SMILES string of the molecule is CC1=Nc2c(F)cc(-c3cn(Cc4nc5cnc(C6=CCNc7ncc(C(=O)N8CCN(C)CC8)cc76)cc5n4C(C)C)c4ncc(C(=O)N5CCN(C)CC5)cc34)cc2C[C@@H]1C(C)C. The topological polar surface area (TPSA) is 133 Å². The van der Waals surface area contributed by atoms with Crippen molar-refractivity contribution >= 4 is 56.7 Å². The molecule has 15 heteroatoms. The Balaban J connectivity index is 1.03. The lowest BCUT2D eigenvalue weighted by Crippen LogP contribution is -2.47. The predicted octanol–water partition coefficient (Wildman–Crippen LogP) is 7.16. The molecule has 336 valence electrons. The number of hydrogen-bond acceptors (Lipinski definition) is 10. The average molecular weight is 877 g/mol. The van der Waals surface area contributed by atoms with Crippen LogP contribution in [0.5, 0.6) is 0 Å². The van der Waals surface area contributed by atoms with E-state index < -0.39 is 0 Å². The second kappa shape index (κ2) is 16.9. The van der Waals surface area contributed by atoms with Gasteiger partial charge in [-0.25, -0.2) is 19.3 Å². The summed E-state index contributed by atoms with van der Waals surface area (Å²) in [5, 5.41) is 4.14. The summed E-state index contributed by atoms with van der Waals surface area (Å²) in [4.78, 5) is 60.4. The molecule has 0 radical (unpaired) electrons. The monoisotopic (exact) mass is 876 g/mol. The minimum absolute atomic E-state index is 0.0157. The molecule has 65 heavy (non-hydrogen) atoms. The zero-order chi connectivity index (χ0) is 45.3. The molecule has 4 aliphatic heterocycles. The quantitative estimate of drug-likeness (QED) is 0.169. The first-order chi connectivity index (χ1) is 31.3. The van der Waals surface area contributed by atoms with Crippen LogP contribution in [0.15, 0.2) is 66.2 Å². The van der Waals surface area contributed by atoms with Crippen LogP contribution in [-0.2, 0) is 13.0 Å². The van der Waals surface area contributed by atoms with E-state index in [1.54, 1.807) is 18.5 Å². The molecule has 2 amide bonds. The van der Waals surface area contributed by atoms with Gasteiger partial charge in [-0.3, -0.25) is 19.6 Å². The summed E-state index contributed by atoms with van der Waals surface area (Å²) in [5.41, 5.74) is 9.69. The highest BCUT2D eigenvalue weighted by Crippen LogP contribution is 2.40. The highest BCUT2D eigenvalue weighted by molar-refractivity contribution is 6.02. The molecule has 5 aromatic heterocycles. The van der Waals surface area contributed by atoms with Gasteiger partial charge in [-0.2, -0.15) is 0 Å². The van der Waals surface area contributed by atoms with Crippen molar-refractivity contribution in [1.82, 2.24) is 48.7 Å². The standard InChI is InChI=1S/C50H57FN12O2/c1-29(2)37-19-33-18-32(22-41(51)46(33)56-31(37)5)40-27-62(48-39(40)21-35(25-55-48)50(65)61-16-12-59(7)13-17-61)28-45-57-43-26-53-42(23-44(43)63(45)30(3)4)36-8-9-52-47-38(36)20-34(24-54-47)49(64)60-14-10-58(6)11-15-60/h8,18,20-27,29-30,37H,9-17,19,28H2,1-7H3,(H,52,54)/t37-/m1/s1. The van der Waals surface area contributed by atoms with Gasteiger partial charge in [0.1, 0.15) is 34.3 Å². The van der Waals surface area contributed by atoms with Crippen molar-refractivity contribution in [3.05, 3.63) is 101 Å². The minimum Gasteiger partial charge on any atom is -0.366 e. The van der Waals surface area contributed by atoms with Gasteiger partial charge in [-0.1, -0.05) is 19.9 Å². The minimum atomic E-state index is -0.359. The molecule has 0 spiro atoms. The number of rotatable bonds is 8. The molecule has 0 unspecified atom stereocenters. The number of amides is 2. The number of carbonyl (C=O) groups excluding carboxylic acids is 2. The number of carbonyl (C=O) groups is 2. The zero-order valence-electron chi connectivity index (χ0n) is 38.4. The third kappa shape index (κ3) is 7.88. The molecule has 1 N–H and O–H groups in total. The molecule has 14 nitrogen and oxygen atoms in total. The second-order valence-electron chi connectivity index (χ2n) is 18.9. The Kier molecular flexibility index (Phi) is 11.1. The van der Waals surface area contributed by atoms with Gasteiger partial charge in [0.2, 0.25) is 0 Å². The van der Waals surface area contributed by atoms with Gasteiger partial charge in [0.05, 0.1) is 35.1 Å². The third-order valence-electron chi connectivity index (χ3n) is 13.8. The Labute approximate surface area is 378 Å². The van der Waals surface area contributed by atoms with E-state index in [-0.39, 0.29) is 29.6 Å². The largest absolute Gasteiger partial charge is 0.366 e. The van der Waals surface area contributed by atoms with Gasteiger partial charge in [0.25, 0.3) is 11.8 Å². The first-order valence-corrected chi connectivity index (χ1v) is 23.0. The van der Waals surface area contributed by atoms with E-state index in [9.17, 15) is 9.59 Å². The van der Waals surface area contributed by atoms with E-state index in [4.69, 9.17) is 24.9 Å². The third-order valence-corrected chi connectivity index (χ3v) is 13.8. The Morgan fingerprint density at radius 3 is 2.17 bits per heavy atom. The average Bonchev–Trinajstić information content (AvgIpc) is 3.85. The van der Waals surface area contributed by atoms with Crippen LogP contribution in [0.2, 0.25) is 0 Å². The van der Waals surface area contributed by atoms with E-state index in [1.807, 2.05) is 41.2 Å². The van der Waals surface area contributed by atoms with Crippen LogP contribution in [0.1, 0.15) is 84.0 Å². The van der Waals surface area contributed by atoms with E-state index in [1.165, 1.54) is 0 Å². The van der Waals surface area contributed by atoms with Crippen molar-refractivity contribution in [2.45, 2.75) is 53.6 Å². The van der Waals surface area contributed by atoms with Crippen LogP contribution in [0, 0.1) is 17.7 Å². The van der Waals surface area contributed by atoms with Crippen LogP contribution >= 0.6 is 0 Å². The molecule has 0 bridgehead atoms. The molecule has 9 heterocycles. The van der Waals surface area contributed by atoms with E-state index in [0.717, 1.165) is 93.5 Å². The first kappa shape index (κ1) is 42.6. The molecule has 0 saturated carbocycles. The molecule has 10 rings (SSSR count). The van der Waals surface area contributed by atoms with Gasteiger partial charge >= 0.3 is 0 Å². The number of nitrogens with one attached hydrogen (secondary N) is 1. The normalized spacial score (nSPS) is 18.3. The van der Waals surface area contributed by atoms with Gasteiger partial charge in [0.15, 0.2) is 0 Å². The number of nitrogens with zero attached hydrogens (tertiary/aromatic N) is 11. The van der Waals surface area contributed by atoms with Crippen LogP contribution in [0.4, 0.5) is 15.9 Å². The van der Waals surface area contributed by atoms with Gasteiger partial charge in [-0.15, -0.1) is 0 Å². The Morgan fingerprint density at radius 1 is 0.815 bits per heavy atom. The second-order valence-corrected chi connectivity index (χ2v) is 18.9. The van der Waals surface area contributed by atoms with Gasteiger partial charge < -0.3 is 34.1 Å². The Morgan fingerprint density at radius 2 is 1.49 bits per heavy atom. The molecule has 1 aromatic carbocycles. The molecule has 2 fully saturated rings. The van der Waals surface area contributed by atoms with E-state index in [2.05, 4.69) is 84.2 Å². The number of anilines is 1. The number of benzene rings is 1. The van der Waals surface area contributed by atoms with Crippen LogP contribution in [0.25, 0.3) is 38.8 Å². The lowest BCUT2D eigenvalue weighted by molar-refractivity contribution is 0.0656. The molecular weight excluding hydrogens is 820 g/mol. The lowest BCUT2D eigenvalue weighted by atomic mass is 9.82. The number of aromatic nitrogens is 6. The maximum Gasteiger partial charge on any atom is 0.255 e. The van der Waals surface area contributed by atoms with Crippen molar-refractivity contribution in [2.24, 2.45) is 16.8 Å². The summed E-state index contributed by atoms with van der Waals surface area (Å²) in [5.74, 6) is 1.67. The zero-order valence-corrected chi connectivity index (χ0v) is 38.4. The molecule has 1 atom stereocenters. The molecule has 0 aliphatic carbocycles. The number of halogens is 1. The van der Waals surface area contributed by atoms with Crippen LogP contribution < -0.4 is 5.32 Å². The summed E-state index contributed by atoms with van der Waals surface area (Å²) >= 11 is 0. The Bertz CT molecular complexity index is 2930. The summed E-state index contributed by atoms with van der Waals surface area (Å²) in [6, 6.07) is 9.63. The molecule has 2 saturated heterocycles. The number of pyridine rings is 3. The first-order valence-electron chi connectivity index (χ1n) is 23.0. The van der Waals surface area contributed by atoms with E-state index in [0.29, 0.717) is 74.1 Å². The lowest BCUT2D eigenvalue weighted by Gasteiger charge is -2.32. The highest BCUT2D eigenvalue weighted by atomic mass is 19.1. The van der Waals surface area contributed by atoms with Crippen molar-refractivity contribution < 1.29 is 14.0 Å². The maximum atomic E-state index is 16.2. The summed E-state index contributed by atoms with van der Waals surface area (Å²) in [6.07, 6.45) is 9.99. The van der Waals surface area contributed by atoms with Crippen LogP contribution in [0.3, 0.4) is 0 Å². The van der Waals surface area contributed by atoms with Crippen molar-refractivity contribution in [2.75, 3.05) is 78.3 Å². The number of imidazole rings is 1. The summed E-state index contributed by atoms with van der Waals surface area (Å²) in [7, 11) is 4.14. The number of likely N-dealkylation sites (N-methyl/N-ethyl adjacent to an activating group) is 2. The van der Waals surface area contributed by atoms with Gasteiger partial charge in [0, 0.05) is 117 Å². The molecular formula is C50H57FN12O2. The number of hydrogen-bond donors (Lipinski definition) is 1. The van der Waals surface area contributed by atoms with Crippen molar-refractivity contribution in [3.63, 3.8) is 0 Å². The van der Waals surface area contributed by atoms with Crippen molar-refractivity contribution in [3.8, 4) is 11.1 Å². The predicted molar refractivity (Wildman–Crippen MR) is 254 cm³/mol. The maximum absolute atomic E-state index is 16.2. The molecule has 6 aromatic rings. The fourth-order valence-corrected chi connectivity index (χ4v) is 10.0. The Hall–Kier alpha value is -6.32. The smallest absolute Gasteiger partial charge is 0.255 e. The van der Waals surface area contributed by atoms with Crippen LogP contribution in [-0.4, -0.2) is 139 Å². The summed E-state index contributed by atoms with van der Waals surface area (Å²) < 4.78 is 20.5.